The number of nitrogens with one attached hydrogen (secondary N) is 1. The average Bonchev–Trinajstić information content (AvgIpc) is 2.88. The van der Waals surface area contributed by atoms with Crippen molar-refractivity contribution in [3.05, 3.63) is 29.3 Å². The number of hydrogen-bond donors (Lipinski definition) is 1. The van der Waals surface area contributed by atoms with Crippen LogP contribution < -0.4 is 9.46 Å². The maximum Gasteiger partial charge on any atom is 0.136 e. The lowest BCUT2D eigenvalue weighted by Crippen LogP contribution is -2.50. The molecule has 0 saturated carbocycles. The number of fused-ring (bicyclic) bond motifs is 1. The highest BCUT2D eigenvalue weighted by molar-refractivity contribution is 7.90. The number of rotatable bonds is 5. The highest BCUT2D eigenvalue weighted by atomic mass is 32.2. The van der Waals surface area contributed by atoms with Gasteiger partial charge >= 0.3 is 0 Å². The fourth-order valence-corrected chi connectivity index (χ4v) is 5.52. The van der Waals surface area contributed by atoms with Gasteiger partial charge in [-0.1, -0.05) is 19.9 Å². The number of benzene rings is 1. The van der Waals surface area contributed by atoms with E-state index >= 15 is 0 Å². The van der Waals surface area contributed by atoms with Crippen LogP contribution in [0.1, 0.15) is 64.6 Å². The molecule has 0 bridgehead atoms. The molecule has 2 atom stereocenters. The van der Waals surface area contributed by atoms with E-state index in [1.54, 1.807) is 7.11 Å². The summed E-state index contributed by atoms with van der Waals surface area (Å²) in [7, 11) is 1.71. The Hall–Kier alpha value is -0.750. The summed E-state index contributed by atoms with van der Waals surface area (Å²) in [6.07, 6.45) is 3.37. The summed E-state index contributed by atoms with van der Waals surface area (Å²) in [6.45, 7) is 14.1. The molecule has 1 saturated heterocycles. The van der Waals surface area contributed by atoms with Crippen LogP contribution in [0.3, 0.4) is 0 Å². The molecule has 2 aliphatic rings. The molecular formula is C22H36N2O2S. The third-order valence-electron chi connectivity index (χ3n) is 6.08. The predicted octanol–water partition coefficient (Wildman–Crippen LogP) is 4.08. The van der Waals surface area contributed by atoms with Crippen LogP contribution in [-0.4, -0.2) is 40.9 Å². The summed E-state index contributed by atoms with van der Waals surface area (Å²) >= 11 is -1.09. The van der Waals surface area contributed by atoms with Gasteiger partial charge in [0.1, 0.15) is 10.5 Å². The van der Waals surface area contributed by atoms with Crippen molar-refractivity contribution < 1.29 is 9.29 Å². The molecule has 1 unspecified atom stereocenters. The minimum atomic E-state index is -1.09. The minimum absolute atomic E-state index is 0.129. The van der Waals surface area contributed by atoms with Gasteiger partial charge in [0.2, 0.25) is 0 Å². The molecule has 1 aliphatic carbocycles. The summed E-state index contributed by atoms with van der Waals surface area (Å²) in [5.41, 5.74) is 2.82. The second-order valence-corrected chi connectivity index (χ2v) is 11.7. The van der Waals surface area contributed by atoms with Crippen LogP contribution in [0.4, 0.5) is 0 Å². The van der Waals surface area contributed by atoms with Crippen LogP contribution in [-0.2, 0) is 17.8 Å². The summed E-state index contributed by atoms with van der Waals surface area (Å²) in [6, 6.07) is 6.55. The Balaban J connectivity index is 1.87. The molecule has 1 heterocycles. The molecular weight excluding hydrogens is 356 g/mol. The molecule has 0 amide bonds. The molecule has 1 fully saturated rings. The monoisotopic (exact) mass is 392 g/mol. The number of methoxy groups -OCH3 is 1. The number of nitrogens with zero attached hydrogens (tertiary/aromatic N) is 1. The van der Waals surface area contributed by atoms with Crippen LogP contribution >= 0.6 is 0 Å². The van der Waals surface area contributed by atoms with E-state index in [4.69, 9.17) is 4.74 Å². The van der Waals surface area contributed by atoms with Crippen LogP contribution in [0.2, 0.25) is 0 Å². The van der Waals surface area contributed by atoms with Gasteiger partial charge in [-0.2, -0.15) is 0 Å². The van der Waals surface area contributed by atoms with Crippen molar-refractivity contribution in [1.29, 1.82) is 0 Å². The first kappa shape index (κ1) is 21.0. The Morgan fingerprint density at radius 3 is 2.52 bits per heavy atom. The summed E-state index contributed by atoms with van der Waals surface area (Å²) in [4.78, 5) is 2.59. The van der Waals surface area contributed by atoms with Gasteiger partial charge in [0, 0.05) is 23.3 Å². The fraction of sp³-hybridized carbons (Fsp3) is 0.727. The predicted molar refractivity (Wildman–Crippen MR) is 113 cm³/mol. The standard InChI is InChI=1S/C22H36N2O2S/c1-16(2)15-24-11-9-22(10-12-24)14-17-7-8-18(26-6)13-19(17)20(22)23-27(25)21(3,4)5/h7-8,13,16,20,23H,9-12,14-15H2,1-6H3/t20-,27?/m1/s1. The highest BCUT2D eigenvalue weighted by Gasteiger charge is 2.50. The van der Waals surface area contributed by atoms with Crippen LogP contribution in [0.5, 0.6) is 5.75 Å². The molecule has 152 valence electrons. The van der Waals surface area contributed by atoms with E-state index in [2.05, 4.69) is 41.7 Å². The van der Waals surface area contributed by atoms with Crippen molar-refractivity contribution in [2.24, 2.45) is 11.3 Å². The third kappa shape index (κ3) is 4.47. The van der Waals surface area contributed by atoms with Crippen LogP contribution in [0.25, 0.3) is 0 Å². The first-order valence-electron chi connectivity index (χ1n) is 10.2. The zero-order valence-electron chi connectivity index (χ0n) is 17.8. The Morgan fingerprint density at radius 2 is 1.96 bits per heavy atom. The summed E-state index contributed by atoms with van der Waals surface area (Å²) < 4.78 is 21.7. The van der Waals surface area contributed by atoms with E-state index in [0.29, 0.717) is 5.92 Å². The lowest BCUT2D eigenvalue weighted by molar-refractivity contribution is 0.0773. The molecule has 5 heteroatoms. The van der Waals surface area contributed by atoms with E-state index < -0.39 is 11.4 Å². The molecule has 0 radical (unpaired) electrons. The maximum absolute atomic E-state index is 13.0. The zero-order chi connectivity index (χ0) is 19.8. The van der Waals surface area contributed by atoms with E-state index in [1.807, 2.05) is 20.8 Å². The van der Waals surface area contributed by atoms with Gasteiger partial charge < -0.3 is 14.2 Å². The normalized spacial score (nSPS) is 23.6. The molecule has 3 rings (SSSR count). The molecule has 1 spiro atoms. The first-order chi connectivity index (χ1) is 12.6. The van der Waals surface area contributed by atoms with Gasteiger partial charge in [0.15, 0.2) is 0 Å². The molecule has 27 heavy (non-hydrogen) atoms. The number of piperidine rings is 1. The van der Waals surface area contributed by atoms with Gasteiger partial charge in [-0.05, 0) is 82.3 Å². The molecule has 4 nitrogen and oxygen atoms in total. The molecule has 0 aromatic heterocycles. The van der Waals surface area contributed by atoms with Gasteiger partial charge in [0.25, 0.3) is 0 Å². The van der Waals surface area contributed by atoms with Crippen LogP contribution in [0.15, 0.2) is 18.2 Å². The highest BCUT2D eigenvalue weighted by Crippen LogP contribution is 2.53. The Kier molecular flexibility index (Phi) is 6.17. The number of likely N-dealkylation sites (tertiary alicyclic amines) is 1. The zero-order valence-corrected chi connectivity index (χ0v) is 18.6. The number of hydrogen-bond acceptors (Lipinski definition) is 4. The lowest BCUT2D eigenvalue weighted by atomic mass is 9.73. The van der Waals surface area contributed by atoms with Gasteiger partial charge in [0.05, 0.1) is 13.2 Å². The molecule has 1 aliphatic heterocycles. The Bertz CT molecular complexity index is 648. The van der Waals surface area contributed by atoms with Gasteiger partial charge in [-0.3, -0.25) is 0 Å². The SMILES string of the molecule is COc1ccc2c(c1)[C@@H](N[S+]([O-])C(C)(C)C)C1(CCN(CC(C)C)CC1)C2. The second kappa shape index (κ2) is 7.94. The Labute approximate surface area is 168 Å². The van der Waals surface area contributed by atoms with E-state index in [-0.39, 0.29) is 16.2 Å². The lowest BCUT2D eigenvalue weighted by Gasteiger charge is -2.44. The maximum atomic E-state index is 13.0. The van der Waals surface area contributed by atoms with Crippen molar-refractivity contribution in [1.82, 2.24) is 9.62 Å². The van der Waals surface area contributed by atoms with E-state index in [1.165, 1.54) is 17.7 Å². The molecule has 1 aromatic carbocycles. The fourth-order valence-electron chi connectivity index (χ4n) is 4.58. The largest absolute Gasteiger partial charge is 0.598 e. The topological polar surface area (TPSA) is 47.6 Å². The van der Waals surface area contributed by atoms with Gasteiger partial charge in [-0.15, -0.1) is 4.72 Å². The van der Waals surface area contributed by atoms with Crippen molar-refractivity contribution >= 4 is 11.4 Å². The summed E-state index contributed by atoms with van der Waals surface area (Å²) in [5, 5.41) is 0. The first-order valence-corrected chi connectivity index (χ1v) is 11.4. The minimum Gasteiger partial charge on any atom is -0.598 e. The average molecular weight is 393 g/mol. The quantitative estimate of drug-likeness (QED) is 0.767. The van der Waals surface area contributed by atoms with Crippen molar-refractivity contribution in [2.75, 3.05) is 26.7 Å². The van der Waals surface area contributed by atoms with Crippen molar-refractivity contribution in [2.45, 2.75) is 64.7 Å². The van der Waals surface area contributed by atoms with E-state index in [9.17, 15) is 4.55 Å². The second-order valence-electron chi connectivity index (χ2n) is 9.73. The van der Waals surface area contributed by atoms with E-state index in [0.717, 1.165) is 38.1 Å². The Morgan fingerprint density at radius 1 is 1.30 bits per heavy atom. The van der Waals surface area contributed by atoms with Crippen molar-refractivity contribution in [3.63, 3.8) is 0 Å². The van der Waals surface area contributed by atoms with Crippen LogP contribution in [0, 0.1) is 11.3 Å². The number of ether oxygens (including phenoxy) is 1. The molecule has 1 aromatic rings. The molecule has 1 N–H and O–H groups in total. The van der Waals surface area contributed by atoms with Crippen molar-refractivity contribution in [3.8, 4) is 5.75 Å². The smallest absolute Gasteiger partial charge is 0.136 e. The van der Waals surface area contributed by atoms with Gasteiger partial charge in [-0.25, -0.2) is 0 Å². The summed E-state index contributed by atoms with van der Waals surface area (Å²) in [5.74, 6) is 1.59. The third-order valence-corrected chi connectivity index (χ3v) is 7.64.